The van der Waals surface area contributed by atoms with Crippen LogP contribution >= 0.6 is 22.7 Å². The number of hydrogen-bond donors (Lipinski definition) is 1. The molecule has 108 valence electrons. The van der Waals surface area contributed by atoms with Gasteiger partial charge in [0, 0.05) is 16.3 Å². The highest BCUT2D eigenvalue weighted by molar-refractivity contribution is 7.11. The summed E-state index contributed by atoms with van der Waals surface area (Å²) in [6.45, 7) is 0.484. The third kappa shape index (κ3) is 3.37. The second-order valence-electron chi connectivity index (χ2n) is 4.59. The summed E-state index contributed by atoms with van der Waals surface area (Å²) in [5, 5.41) is 7.49. The predicted octanol–water partition coefficient (Wildman–Crippen LogP) is 4.97. The van der Waals surface area contributed by atoms with Crippen molar-refractivity contribution in [2.24, 2.45) is 0 Å². The minimum atomic E-state index is -0.813. The molecule has 0 amide bonds. The molecule has 21 heavy (non-hydrogen) atoms. The molecule has 1 nitrogen and oxygen atoms in total. The Hall–Kier alpha value is -1.56. The molecule has 1 aromatic carbocycles. The third-order valence-corrected chi connectivity index (χ3v) is 5.02. The molecule has 0 radical (unpaired) electrons. The molecule has 0 spiro atoms. The van der Waals surface area contributed by atoms with Gasteiger partial charge in [-0.05, 0) is 40.6 Å². The Morgan fingerprint density at radius 3 is 2.10 bits per heavy atom. The molecule has 0 aliphatic carbocycles. The van der Waals surface area contributed by atoms with Crippen molar-refractivity contribution in [3.8, 4) is 0 Å². The zero-order valence-electron chi connectivity index (χ0n) is 11.1. The monoisotopic (exact) mass is 321 g/mol. The van der Waals surface area contributed by atoms with Crippen LogP contribution in [0.15, 0.2) is 53.2 Å². The Bertz CT molecular complexity index is 659. The summed E-state index contributed by atoms with van der Waals surface area (Å²) in [6.07, 6.45) is 0. The van der Waals surface area contributed by atoms with Gasteiger partial charge in [0.05, 0.1) is 6.04 Å². The number of thiophene rings is 2. The first-order chi connectivity index (χ1) is 10.2. The Kier molecular flexibility index (Phi) is 4.43. The number of rotatable bonds is 5. The summed E-state index contributed by atoms with van der Waals surface area (Å²) < 4.78 is 26.2. The molecule has 0 bridgehead atoms. The van der Waals surface area contributed by atoms with Gasteiger partial charge < -0.3 is 5.32 Å². The fourth-order valence-electron chi connectivity index (χ4n) is 2.12. The van der Waals surface area contributed by atoms with Gasteiger partial charge in [-0.15, -0.1) is 22.7 Å². The highest BCUT2D eigenvalue weighted by Crippen LogP contribution is 2.29. The predicted molar refractivity (Wildman–Crippen MR) is 83.7 cm³/mol. The van der Waals surface area contributed by atoms with Gasteiger partial charge in [0.25, 0.3) is 0 Å². The van der Waals surface area contributed by atoms with Crippen molar-refractivity contribution in [1.82, 2.24) is 5.32 Å². The van der Waals surface area contributed by atoms with Crippen molar-refractivity contribution in [2.75, 3.05) is 0 Å². The summed E-state index contributed by atoms with van der Waals surface area (Å²) in [5.74, 6) is -1.62. The summed E-state index contributed by atoms with van der Waals surface area (Å²) in [4.78, 5) is 2.42. The number of nitrogens with one attached hydrogen (secondary N) is 1. The van der Waals surface area contributed by atoms with E-state index >= 15 is 0 Å². The normalized spacial score (nSPS) is 11.2. The smallest absolute Gasteiger partial charge is 0.159 e. The molecule has 0 aliphatic heterocycles. The van der Waals surface area contributed by atoms with Crippen molar-refractivity contribution >= 4 is 22.7 Å². The molecule has 5 heteroatoms. The zero-order chi connectivity index (χ0) is 14.7. The number of halogens is 2. The SMILES string of the molecule is Fc1ccc(CNC(c2cccs2)c2cccs2)cc1F. The second-order valence-corrected chi connectivity index (χ2v) is 6.55. The van der Waals surface area contributed by atoms with E-state index in [1.807, 2.05) is 22.9 Å². The van der Waals surface area contributed by atoms with Gasteiger partial charge >= 0.3 is 0 Å². The second kappa shape index (κ2) is 6.47. The van der Waals surface area contributed by atoms with E-state index in [4.69, 9.17) is 0 Å². The van der Waals surface area contributed by atoms with Crippen LogP contribution in [0.3, 0.4) is 0 Å². The van der Waals surface area contributed by atoms with E-state index in [1.165, 1.54) is 15.8 Å². The van der Waals surface area contributed by atoms with E-state index in [1.54, 1.807) is 28.7 Å². The lowest BCUT2D eigenvalue weighted by molar-refractivity contribution is 0.505. The number of hydrogen-bond acceptors (Lipinski definition) is 3. The molecule has 2 aromatic heterocycles. The average molecular weight is 321 g/mol. The van der Waals surface area contributed by atoms with Gasteiger partial charge in [-0.3, -0.25) is 0 Å². The van der Waals surface area contributed by atoms with Crippen LogP contribution in [0, 0.1) is 11.6 Å². The van der Waals surface area contributed by atoms with E-state index in [0.29, 0.717) is 6.54 Å². The Balaban J connectivity index is 1.78. The quantitative estimate of drug-likeness (QED) is 0.700. The lowest BCUT2D eigenvalue weighted by Crippen LogP contribution is -2.20. The van der Waals surface area contributed by atoms with Crippen molar-refractivity contribution in [2.45, 2.75) is 12.6 Å². The van der Waals surface area contributed by atoms with E-state index in [2.05, 4.69) is 17.4 Å². The first-order valence-corrected chi connectivity index (χ1v) is 8.24. The van der Waals surface area contributed by atoms with Crippen LogP contribution < -0.4 is 5.32 Å². The average Bonchev–Trinajstić information content (AvgIpc) is 3.16. The van der Waals surface area contributed by atoms with E-state index < -0.39 is 11.6 Å². The molecule has 0 saturated heterocycles. The van der Waals surface area contributed by atoms with Crippen molar-refractivity contribution < 1.29 is 8.78 Å². The molecule has 0 fully saturated rings. The largest absolute Gasteiger partial charge is 0.301 e. The molecular formula is C16H13F2NS2. The van der Waals surface area contributed by atoms with E-state index in [9.17, 15) is 8.78 Å². The Labute approximate surface area is 129 Å². The topological polar surface area (TPSA) is 12.0 Å². The van der Waals surface area contributed by atoms with Crippen molar-refractivity contribution in [3.05, 3.63) is 80.2 Å². The van der Waals surface area contributed by atoms with Crippen LogP contribution in [0.4, 0.5) is 8.78 Å². The standard InChI is InChI=1S/C16H13F2NS2/c17-12-6-5-11(9-13(12)18)10-19-16(14-3-1-7-20-14)15-4-2-8-21-15/h1-9,16,19H,10H2. The maximum Gasteiger partial charge on any atom is 0.159 e. The minimum Gasteiger partial charge on any atom is -0.301 e. The lowest BCUT2D eigenvalue weighted by atomic mass is 10.1. The fraction of sp³-hybridized carbons (Fsp3) is 0.125. The molecule has 1 N–H and O–H groups in total. The molecule has 0 saturated carbocycles. The molecule has 0 unspecified atom stereocenters. The first-order valence-electron chi connectivity index (χ1n) is 6.48. The van der Waals surface area contributed by atoms with E-state index in [-0.39, 0.29) is 6.04 Å². The van der Waals surface area contributed by atoms with Gasteiger partial charge in [-0.2, -0.15) is 0 Å². The van der Waals surface area contributed by atoms with Gasteiger partial charge in [0.15, 0.2) is 11.6 Å². The number of benzene rings is 1. The maximum atomic E-state index is 13.3. The molecule has 0 aliphatic rings. The third-order valence-electron chi connectivity index (χ3n) is 3.15. The van der Waals surface area contributed by atoms with Crippen molar-refractivity contribution in [1.29, 1.82) is 0 Å². The van der Waals surface area contributed by atoms with Gasteiger partial charge in [0.2, 0.25) is 0 Å². The molecular weight excluding hydrogens is 308 g/mol. The van der Waals surface area contributed by atoms with Crippen LogP contribution in [-0.2, 0) is 6.54 Å². The lowest BCUT2D eigenvalue weighted by Gasteiger charge is -2.16. The summed E-state index contributed by atoms with van der Waals surface area (Å²) >= 11 is 3.36. The molecule has 3 aromatic rings. The summed E-state index contributed by atoms with van der Waals surface area (Å²) in [5.41, 5.74) is 0.729. The van der Waals surface area contributed by atoms with Crippen LogP contribution in [0.2, 0.25) is 0 Å². The van der Waals surface area contributed by atoms with Crippen LogP contribution in [-0.4, -0.2) is 0 Å². The van der Waals surface area contributed by atoms with Gasteiger partial charge in [-0.25, -0.2) is 8.78 Å². The summed E-state index contributed by atoms with van der Waals surface area (Å²) in [6, 6.07) is 12.3. The maximum absolute atomic E-state index is 13.3. The highest BCUT2D eigenvalue weighted by Gasteiger charge is 2.15. The fourth-order valence-corrected chi connectivity index (χ4v) is 3.83. The minimum absolute atomic E-state index is 0.0816. The summed E-state index contributed by atoms with van der Waals surface area (Å²) in [7, 11) is 0. The first kappa shape index (κ1) is 14.4. The zero-order valence-corrected chi connectivity index (χ0v) is 12.7. The van der Waals surface area contributed by atoms with Crippen molar-refractivity contribution in [3.63, 3.8) is 0 Å². The molecule has 0 atom stereocenters. The van der Waals surface area contributed by atoms with Crippen LogP contribution in [0.25, 0.3) is 0 Å². The van der Waals surface area contributed by atoms with Gasteiger partial charge in [-0.1, -0.05) is 18.2 Å². The molecule has 2 heterocycles. The van der Waals surface area contributed by atoms with Crippen LogP contribution in [0.5, 0.6) is 0 Å². The van der Waals surface area contributed by atoms with E-state index in [0.717, 1.165) is 11.6 Å². The molecule has 3 rings (SSSR count). The Morgan fingerprint density at radius 1 is 0.905 bits per heavy atom. The van der Waals surface area contributed by atoms with Crippen LogP contribution in [0.1, 0.15) is 21.4 Å². The Morgan fingerprint density at radius 2 is 1.57 bits per heavy atom. The van der Waals surface area contributed by atoms with Gasteiger partial charge in [0.1, 0.15) is 0 Å². The highest BCUT2D eigenvalue weighted by atomic mass is 32.1.